The molecule has 0 unspecified atom stereocenters. The monoisotopic (exact) mass is 425 g/mol. The van der Waals surface area contributed by atoms with Crippen molar-refractivity contribution in [1.29, 1.82) is 0 Å². The van der Waals surface area contributed by atoms with E-state index in [0.717, 1.165) is 27.6 Å². The number of carbonyl (C=O) groups is 1. The third kappa shape index (κ3) is 4.92. The lowest BCUT2D eigenvalue weighted by Gasteiger charge is -2.24. The van der Waals surface area contributed by atoms with Crippen molar-refractivity contribution in [3.63, 3.8) is 0 Å². The van der Waals surface area contributed by atoms with Crippen LogP contribution in [0.5, 0.6) is 11.5 Å². The molecule has 0 spiro atoms. The van der Waals surface area contributed by atoms with Crippen LogP contribution in [-0.4, -0.2) is 19.1 Å². The fourth-order valence-corrected chi connectivity index (χ4v) is 3.76. The minimum Gasteiger partial charge on any atom is -0.497 e. The minimum absolute atomic E-state index is 0.148. The van der Waals surface area contributed by atoms with Gasteiger partial charge in [-0.2, -0.15) is 0 Å². The number of rotatable bonds is 8. The second-order valence-electron chi connectivity index (χ2n) is 7.65. The molecule has 1 amide bonds. The van der Waals surface area contributed by atoms with Gasteiger partial charge >= 0.3 is 0 Å². The van der Waals surface area contributed by atoms with E-state index in [9.17, 15) is 4.79 Å². The zero-order valence-corrected chi connectivity index (χ0v) is 18.3. The molecule has 0 bridgehead atoms. The van der Waals surface area contributed by atoms with Gasteiger partial charge in [-0.25, -0.2) is 0 Å². The summed E-state index contributed by atoms with van der Waals surface area (Å²) in [4.78, 5) is 13.3. The van der Waals surface area contributed by atoms with Crippen molar-refractivity contribution < 1.29 is 14.3 Å². The number of hydrogen-bond donors (Lipinski definition) is 1. The summed E-state index contributed by atoms with van der Waals surface area (Å²) in [6, 6.07) is 31.4. The Morgan fingerprint density at radius 1 is 0.781 bits per heavy atom. The second-order valence-corrected chi connectivity index (χ2v) is 7.65. The van der Waals surface area contributed by atoms with Gasteiger partial charge in [-0.3, -0.25) is 4.79 Å². The van der Waals surface area contributed by atoms with Crippen molar-refractivity contribution >= 4 is 16.7 Å². The first-order valence-corrected chi connectivity index (χ1v) is 10.8. The number of carbonyl (C=O) groups excluding carboxylic acids is 1. The number of amides is 1. The van der Waals surface area contributed by atoms with Gasteiger partial charge in [0.25, 0.3) is 5.91 Å². The second kappa shape index (κ2) is 10.0. The topological polar surface area (TPSA) is 47.6 Å². The van der Waals surface area contributed by atoms with E-state index in [-0.39, 0.29) is 11.9 Å². The first-order chi connectivity index (χ1) is 15.7. The fourth-order valence-electron chi connectivity index (χ4n) is 3.76. The molecule has 0 aliphatic carbocycles. The molecule has 162 valence electrons. The van der Waals surface area contributed by atoms with Crippen LogP contribution in [0.25, 0.3) is 10.8 Å². The lowest BCUT2D eigenvalue weighted by Crippen LogP contribution is -2.40. The largest absolute Gasteiger partial charge is 0.497 e. The van der Waals surface area contributed by atoms with E-state index in [1.807, 2.05) is 97.9 Å². The zero-order chi connectivity index (χ0) is 22.3. The lowest BCUT2D eigenvalue weighted by molar-refractivity contribution is -0.128. The van der Waals surface area contributed by atoms with Crippen LogP contribution in [0, 0.1) is 0 Å². The van der Waals surface area contributed by atoms with E-state index < -0.39 is 6.10 Å². The molecule has 0 heterocycles. The maximum absolute atomic E-state index is 13.3. The third-order valence-electron chi connectivity index (χ3n) is 5.53. The summed E-state index contributed by atoms with van der Waals surface area (Å²) in [6.07, 6.45) is -0.0383. The summed E-state index contributed by atoms with van der Waals surface area (Å²) in [5, 5.41) is 5.41. The number of hydrogen-bond acceptors (Lipinski definition) is 3. The summed E-state index contributed by atoms with van der Waals surface area (Å²) >= 11 is 0. The van der Waals surface area contributed by atoms with Crippen LogP contribution < -0.4 is 14.8 Å². The highest BCUT2D eigenvalue weighted by Crippen LogP contribution is 2.26. The Balaban J connectivity index is 1.56. The molecule has 4 rings (SSSR count). The van der Waals surface area contributed by atoms with E-state index in [2.05, 4.69) is 11.4 Å². The highest BCUT2D eigenvalue weighted by Gasteiger charge is 2.24. The summed E-state index contributed by atoms with van der Waals surface area (Å²) < 4.78 is 11.4. The van der Waals surface area contributed by atoms with Gasteiger partial charge < -0.3 is 14.8 Å². The molecule has 0 aliphatic rings. The van der Waals surface area contributed by atoms with Gasteiger partial charge in [-0.1, -0.05) is 79.7 Å². The fraction of sp³-hybridized carbons (Fsp3) is 0.179. The Bertz CT molecular complexity index is 1170. The van der Waals surface area contributed by atoms with E-state index in [4.69, 9.17) is 9.47 Å². The lowest BCUT2D eigenvalue weighted by atomic mass is 9.98. The van der Waals surface area contributed by atoms with Gasteiger partial charge in [0.05, 0.1) is 13.2 Å². The molecule has 4 heteroatoms. The van der Waals surface area contributed by atoms with Gasteiger partial charge in [-0.05, 0) is 52.6 Å². The van der Waals surface area contributed by atoms with E-state index in [0.29, 0.717) is 12.2 Å². The molecule has 4 nitrogen and oxygen atoms in total. The van der Waals surface area contributed by atoms with Crippen LogP contribution in [0.4, 0.5) is 0 Å². The molecule has 0 saturated heterocycles. The average molecular weight is 426 g/mol. The smallest absolute Gasteiger partial charge is 0.261 e. The molecule has 1 N–H and O–H groups in total. The van der Waals surface area contributed by atoms with Gasteiger partial charge in [0.2, 0.25) is 0 Å². The number of fused-ring (bicyclic) bond motifs is 1. The van der Waals surface area contributed by atoms with Crippen LogP contribution in [0.2, 0.25) is 0 Å². The molecular formula is C28H27NO3. The van der Waals surface area contributed by atoms with E-state index in [1.165, 1.54) is 0 Å². The minimum atomic E-state index is -0.597. The Labute approximate surface area is 188 Å². The number of nitrogens with one attached hydrogen (secondary N) is 1. The van der Waals surface area contributed by atoms with Gasteiger partial charge in [0.15, 0.2) is 6.10 Å². The molecule has 2 atom stereocenters. The predicted molar refractivity (Wildman–Crippen MR) is 128 cm³/mol. The maximum Gasteiger partial charge on any atom is 0.261 e. The zero-order valence-electron chi connectivity index (χ0n) is 18.3. The molecule has 4 aromatic rings. The summed E-state index contributed by atoms with van der Waals surface area (Å²) in [7, 11) is 1.64. The van der Waals surface area contributed by atoms with Gasteiger partial charge in [-0.15, -0.1) is 0 Å². The molecule has 0 radical (unpaired) electrons. The van der Waals surface area contributed by atoms with Crippen molar-refractivity contribution in [2.75, 3.05) is 7.11 Å². The van der Waals surface area contributed by atoms with Gasteiger partial charge in [0.1, 0.15) is 11.5 Å². The molecule has 32 heavy (non-hydrogen) atoms. The standard InChI is InChI=1S/C28H27NO3/c1-3-26(32-25-18-13-20-9-7-8-12-23(20)19-25)28(30)29-27(21-10-5-4-6-11-21)22-14-16-24(31-2)17-15-22/h4-19,26-27H,3H2,1-2H3,(H,29,30)/t26-,27+/m0/s1. The summed E-state index contributed by atoms with van der Waals surface area (Å²) in [5.41, 5.74) is 1.98. The Hall–Kier alpha value is -3.79. The number of methoxy groups -OCH3 is 1. The summed E-state index contributed by atoms with van der Waals surface area (Å²) in [6.45, 7) is 1.95. The normalized spacial score (nSPS) is 12.7. The Morgan fingerprint density at radius 3 is 2.09 bits per heavy atom. The van der Waals surface area contributed by atoms with Crippen molar-refractivity contribution in [3.8, 4) is 11.5 Å². The summed E-state index contributed by atoms with van der Waals surface area (Å²) in [5.74, 6) is 1.31. The van der Waals surface area contributed by atoms with Crippen molar-refractivity contribution in [3.05, 3.63) is 108 Å². The van der Waals surface area contributed by atoms with Crippen LogP contribution in [0.3, 0.4) is 0 Å². The highest BCUT2D eigenvalue weighted by molar-refractivity contribution is 5.84. The molecule has 0 aromatic heterocycles. The number of benzene rings is 4. The molecule has 0 fully saturated rings. The Kier molecular flexibility index (Phi) is 6.71. The highest BCUT2D eigenvalue weighted by atomic mass is 16.5. The molecule has 0 saturated carbocycles. The quantitative estimate of drug-likeness (QED) is 0.382. The third-order valence-corrected chi connectivity index (χ3v) is 5.53. The SMILES string of the molecule is CC[C@H](Oc1ccc2ccccc2c1)C(=O)N[C@H](c1ccccc1)c1ccc(OC)cc1. The van der Waals surface area contributed by atoms with E-state index >= 15 is 0 Å². The molecular weight excluding hydrogens is 398 g/mol. The Morgan fingerprint density at radius 2 is 1.41 bits per heavy atom. The van der Waals surface area contributed by atoms with Crippen LogP contribution in [-0.2, 0) is 4.79 Å². The first kappa shape index (κ1) is 21.4. The maximum atomic E-state index is 13.3. The molecule has 0 aliphatic heterocycles. The van der Waals surface area contributed by atoms with Crippen LogP contribution in [0.1, 0.15) is 30.5 Å². The van der Waals surface area contributed by atoms with Crippen LogP contribution >= 0.6 is 0 Å². The van der Waals surface area contributed by atoms with Crippen LogP contribution in [0.15, 0.2) is 97.1 Å². The predicted octanol–water partition coefficient (Wildman–Crippen LogP) is 5.91. The van der Waals surface area contributed by atoms with Gasteiger partial charge in [0, 0.05) is 0 Å². The average Bonchev–Trinajstić information content (AvgIpc) is 2.86. The van der Waals surface area contributed by atoms with E-state index in [1.54, 1.807) is 7.11 Å². The number of ether oxygens (including phenoxy) is 2. The van der Waals surface area contributed by atoms with Crippen molar-refractivity contribution in [2.45, 2.75) is 25.5 Å². The molecule has 4 aromatic carbocycles. The van der Waals surface area contributed by atoms with Crippen molar-refractivity contribution in [2.24, 2.45) is 0 Å². The van der Waals surface area contributed by atoms with Crippen molar-refractivity contribution in [1.82, 2.24) is 5.32 Å². The first-order valence-electron chi connectivity index (χ1n) is 10.8.